The Bertz CT molecular complexity index is 719. The summed E-state index contributed by atoms with van der Waals surface area (Å²) >= 11 is 3.20. The normalized spacial score (nSPS) is 11.3. The number of hydrogen-bond donors (Lipinski definition) is 1. The number of nitrogens with zero attached hydrogens (tertiary/aromatic N) is 1. The summed E-state index contributed by atoms with van der Waals surface area (Å²) in [7, 11) is -3.78. The molecule has 0 aliphatic rings. The molecule has 1 heterocycles. The SMILES string of the molecule is Cc1ccc(S(=O)(=O)Nc2cncc(F)c2)c(Br)c1. The van der Waals surface area contributed by atoms with Crippen LogP contribution in [0.5, 0.6) is 0 Å². The van der Waals surface area contributed by atoms with Gasteiger partial charge < -0.3 is 0 Å². The van der Waals surface area contributed by atoms with Crippen LogP contribution in [0.25, 0.3) is 0 Å². The second-order valence-corrected chi connectivity index (χ2v) is 6.44. The molecule has 7 heteroatoms. The number of halogens is 2. The lowest BCUT2D eigenvalue weighted by atomic mass is 10.2. The van der Waals surface area contributed by atoms with Crippen LogP contribution in [0, 0.1) is 12.7 Å². The average Bonchev–Trinajstić information content (AvgIpc) is 2.27. The molecule has 1 N–H and O–H groups in total. The Balaban J connectivity index is 2.38. The van der Waals surface area contributed by atoms with Crippen LogP contribution in [0.2, 0.25) is 0 Å². The fourth-order valence-electron chi connectivity index (χ4n) is 1.50. The standard InChI is InChI=1S/C12H10BrFN2O2S/c1-8-2-3-12(11(13)4-8)19(17,18)16-10-5-9(14)6-15-7-10/h2-7,16H,1H3. The Morgan fingerprint density at radius 2 is 2.00 bits per heavy atom. The molecule has 2 aromatic rings. The van der Waals surface area contributed by atoms with E-state index in [4.69, 9.17) is 0 Å². The lowest BCUT2D eigenvalue weighted by Crippen LogP contribution is -2.14. The molecule has 4 nitrogen and oxygen atoms in total. The van der Waals surface area contributed by atoms with Gasteiger partial charge in [-0.1, -0.05) is 6.07 Å². The number of aromatic nitrogens is 1. The van der Waals surface area contributed by atoms with E-state index in [2.05, 4.69) is 25.6 Å². The van der Waals surface area contributed by atoms with Crippen LogP contribution in [-0.2, 0) is 10.0 Å². The lowest BCUT2D eigenvalue weighted by Gasteiger charge is -2.09. The minimum Gasteiger partial charge on any atom is -0.278 e. The number of hydrogen-bond acceptors (Lipinski definition) is 3. The van der Waals surface area contributed by atoms with Crippen LogP contribution >= 0.6 is 15.9 Å². The first-order valence-electron chi connectivity index (χ1n) is 5.28. The van der Waals surface area contributed by atoms with E-state index in [9.17, 15) is 12.8 Å². The maximum atomic E-state index is 13.0. The minimum absolute atomic E-state index is 0.0764. The quantitative estimate of drug-likeness (QED) is 0.930. The van der Waals surface area contributed by atoms with Crippen molar-refractivity contribution >= 4 is 31.6 Å². The fraction of sp³-hybridized carbons (Fsp3) is 0.0833. The summed E-state index contributed by atoms with van der Waals surface area (Å²) in [6, 6.07) is 5.92. The zero-order valence-electron chi connectivity index (χ0n) is 9.89. The highest BCUT2D eigenvalue weighted by molar-refractivity contribution is 9.10. The summed E-state index contributed by atoms with van der Waals surface area (Å²) in [6.45, 7) is 1.85. The summed E-state index contributed by atoms with van der Waals surface area (Å²) in [6.07, 6.45) is 2.24. The van der Waals surface area contributed by atoms with E-state index < -0.39 is 15.8 Å². The fourth-order valence-corrected chi connectivity index (χ4v) is 3.73. The maximum Gasteiger partial charge on any atom is 0.263 e. The molecule has 0 saturated carbocycles. The number of pyridine rings is 1. The Morgan fingerprint density at radius 1 is 1.26 bits per heavy atom. The molecule has 0 aliphatic carbocycles. The topological polar surface area (TPSA) is 59.1 Å². The molecular weight excluding hydrogens is 335 g/mol. The Kier molecular flexibility index (Phi) is 3.86. The first-order chi connectivity index (χ1) is 8.88. The molecule has 100 valence electrons. The molecule has 0 unspecified atom stereocenters. The van der Waals surface area contributed by atoms with Crippen molar-refractivity contribution in [2.45, 2.75) is 11.8 Å². The molecule has 0 bridgehead atoms. The molecule has 0 aliphatic heterocycles. The number of rotatable bonds is 3. The van der Waals surface area contributed by atoms with E-state index in [0.29, 0.717) is 4.47 Å². The predicted octanol–water partition coefficient (Wildman–Crippen LogP) is 3.09. The zero-order valence-corrected chi connectivity index (χ0v) is 12.3. The molecule has 0 radical (unpaired) electrons. The van der Waals surface area contributed by atoms with Crippen molar-refractivity contribution in [1.82, 2.24) is 4.98 Å². The monoisotopic (exact) mass is 344 g/mol. The number of aryl methyl sites for hydroxylation is 1. The van der Waals surface area contributed by atoms with E-state index in [1.165, 1.54) is 12.3 Å². The molecule has 1 aromatic heterocycles. The van der Waals surface area contributed by atoms with Crippen molar-refractivity contribution in [3.05, 3.63) is 52.5 Å². The number of nitrogens with one attached hydrogen (secondary N) is 1. The van der Waals surface area contributed by atoms with Gasteiger partial charge in [0, 0.05) is 10.5 Å². The van der Waals surface area contributed by atoms with Gasteiger partial charge in [-0.3, -0.25) is 9.71 Å². The molecule has 0 amide bonds. The molecule has 0 saturated heterocycles. The van der Waals surface area contributed by atoms with Crippen LogP contribution in [0.4, 0.5) is 10.1 Å². The van der Waals surface area contributed by atoms with E-state index in [-0.39, 0.29) is 10.6 Å². The predicted molar refractivity (Wildman–Crippen MR) is 73.9 cm³/mol. The number of benzene rings is 1. The average molecular weight is 345 g/mol. The third kappa shape index (κ3) is 3.30. The van der Waals surface area contributed by atoms with Crippen LogP contribution in [0.15, 0.2) is 46.0 Å². The summed E-state index contributed by atoms with van der Waals surface area (Å²) in [5.74, 6) is -0.608. The van der Waals surface area contributed by atoms with Gasteiger partial charge >= 0.3 is 0 Å². The first kappa shape index (κ1) is 14.0. The smallest absolute Gasteiger partial charge is 0.263 e. The third-order valence-electron chi connectivity index (χ3n) is 2.33. The van der Waals surface area contributed by atoms with Crippen molar-refractivity contribution < 1.29 is 12.8 Å². The van der Waals surface area contributed by atoms with E-state index in [1.54, 1.807) is 12.1 Å². The molecule has 0 fully saturated rings. The minimum atomic E-state index is -3.78. The van der Waals surface area contributed by atoms with Crippen LogP contribution < -0.4 is 4.72 Å². The highest BCUT2D eigenvalue weighted by atomic mass is 79.9. The van der Waals surface area contributed by atoms with Gasteiger partial charge in [0.05, 0.1) is 18.1 Å². The molecule has 1 aromatic carbocycles. The zero-order chi connectivity index (χ0) is 14.0. The van der Waals surface area contributed by atoms with Crippen LogP contribution in [0.1, 0.15) is 5.56 Å². The summed E-state index contributed by atoms with van der Waals surface area (Å²) in [5, 5.41) is 0. The molecule has 0 atom stereocenters. The highest BCUT2D eigenvalue weighted by Crippen LogP contribution is 2.25. The summed E-state index contributed by atoms with van der Waals surface area (Å²) in [5.41, 5.74) is 1.01. The first-order valence-corrected chi connectivity index (χ1v) is 7.55. The highest BCUT2D eigenvalue weighted by Gasteiger charge is 2.18. The largest absolute Gasteiger partial charge is 0.278 e. The van der Waals surface area contributed by atoms with Gasteiger partial charge in [-0.25, -0.2) is 12.8 Å². The third-order valence-corrected chi connectivity index (χ3v) is 4.69. The van der Waals surface area contributed by atoms with Gasteiger partial charge in [0.2, 0.25) is 0 Å². The van der Waals surface area contributed by atoms with Crippen molar-refractivity contribution in [2.24, 2.45) is 0 Å². The lowest BCUT2D eigenvalue weighted by molar-refractivity contribution is 0.600. The van der Waals surface area contributed by atoms with Crippen LogP contribution in [-0.4, -0.2) is 13.4 Å². The molecule has 0 spiro atoms. The van der Waals surface area contributed by atoms with Crippen molar-refractivity contribution in [2.75, 3.05) is 4.72 Å². The van der Waals surface area contributed by atoms with E-state index >= 15 is 0 Å². The van der Waals surface area contributed by atoms with E-state index in [1.807, 2.05) is 6.92 Å². The van der Waals surface area contributed by atoms with Crippen molar-refractivity contribution in [3.63, 3.8) is 0 Å². The second-order valence-electron chi connectivity index (χ2n) is 3.93. The van der Waals surface area contributed by atoms with Gasteiger partial charge in [-0.15, -0.1) is 0 Å². The second kappa shape index (κ2) is 5.26. The van der Waals surface area contributed by atoms with Gasteiger partial charge in [-0.2, -0.15) is 0 Å². The number of sulfonamides is 1. The summed E-state index contributed by atoms with van der Waals surface area (Å²) in [4.78, 5) is 3.67. The summed E-state index contributed by atoms with van der Waals surface area (Å²) < 4.78 is 40.0. The Hall–Kier alpha value is -1.47. The van der Waals surface area contributed by atoms with Crippen molar-refractivity contribution in [3.8, 4) is 0 Å². The van der Waals surface area contributed by atoms with Gasteiger partial charge in [-0.05, 0) is 40.5 Å². The maximum absolute atomic E-state index is 13.0. The molecule has 19 heavy (non-hydrogen) atoms. The number of anilines is 1. The van der Waals surface area contributed by atoms with Gasteiger partial charge in [0.15, 0.2) is 0 Å². The van der Waals surface area contributed by atoms with E-state index in [0.717, 1.165) is 17.8 Å². The van der Waals surface area contributed by atoms with Gasteiger partial charge in [0.25, 0.3) is 10.0 Å². The Morgan fingerprint density at radius 3 is 2.63 bits per heavy atom. The van der Waals surface area contributed by atoms with Crippen LogP contribution in [0.3, 0.4) is 0 Å². The van der Waals surface area contributed by atoms with Crippen molar-refractivity contribution in [1.29, 1.82) is 0 Å². The molecular formula is C12H10BrFN2O2S. The Labute approximate surface area is 118 Å². The molecule has 2 rings (SSSR count). The van der Waals surface area contributed by atoms with Gasteiger partial charge in [0.1, 0.15) is 10.7 Å².